The van der Waals surface area contributed by atoms with Crippen molar-refractivity contribution in [3.8, 4) is 11.1 Å². The first-order valence-electron chi connectivity index (χ1n) is 13.9. The van der Waals surface area contributed by atoms with E-state index in [-0.39, 0.29) is 5.56 Å². The van der Waals surface area contributed by atoms with Gasteiger partial charge in [-0.15, -0.1) is 0 Å². The van der Waals surface area contributed by atoms with Gasteiger partial charge in [0.15, 0.2) is 0 Å². The number of carbonyl (C=O) groups excluding carboxylic acids is 1. The quantitative estimate of drug-likeness (QED) is 0.354. The number of H-pyrrole nitrogens is 1. The summed E-state index contributed by atoms with van der Waals surface area (Å²) in [5.41, 5.74) is 8.09. The molecule has 2 heterocycles. The highest BCUT2D eigenvalue weighted by Gasteiger charge is 2.12. The van der Waals surface area contributed by atoms with Crippen molar-refractivity contribution in [1.82, 2.24) is 20.0 Å². The maximum absolute atomic E-state index is 11.4. The highest BCUT2D eigenvalue weighted by Crippen LogP contribution is 2.28. The number of ether oxygens (including phenoxy) is 1. The predicted molar refractivity (Wildman–Crippen MR) is 162 cm³/mol. The number of aryl methyl sites for hydroxylation is 1. The average Bonchev–Trinajstić information content (AvgIpc) is 3.18. The van der Waals surface area contributed by atoms with Crippen molar-refractivity contribution in [3.05, 3.63) is 74.7 Å². The Bertz CT molecular complexity index is 1210. The van der Waals surface area contributed by atoms with Crippen molar-refractivity contribution in [3.63, 3.8) is 0 Å². The van der Waals surface area contributed by atoms with Crippen LogP contribution in [0.25, 0.3) is 11.1 Å². The molecule has 1 aliphatic heterocycles. The Kier molecular flexibility index (Phi) is 13.7. The molecule has 0 saturated carbocycles. The normalized spacial score (nSPS) is 13.1. The minimum absolute atomic E-state index is 0.000602. The van der Waals surface area contributed by atoms with Crippen molar-refractivity contribution in [2.45, 2.75) is 54.1 Å². The van der Waals surface area contributed by atoms with Crippen LogP contribution < -0.4 is 16.2 Å². The van der Waals surface area contributed by atoms with Crippen molar-refractivity contribution in [1.29, 1.82) is 0 Å². The van der Waals surface area contributed by atoms with Crippen molar-refractivity contribution in [2.24, 2.45) is 7.05 Å². The molecule has 1 aliphatic rings. The minimum Gasteiger partial charge on any atom is -0.385 e. The van der Waals surface area contributed by atoms with Crippen molar-refractivity contribution in [2.75, 3.05) is 45.2 Å². The highest BCUT2D eigenvalue weighted by molar-refractivity contribution is 5.85. The first kappa shape index (κ1) is 32.0. The maximum Gasteiger partial charge on any atom is 0.268 e. The van der Waals surface area contributed by atoms with Gasteiger partial charge in [-0.2, -0.15) is 0 Å². The molecule has 1 saturated heterocycles. The van der Waals surface area contributed by atoms with Gasteiger partial charge in [0.1, 0.15) is 6.29 Å². The van der Waals surface area contributed by atoms with Gasteiger partial charge in [-0.05, 0) is 62.2 Å². The number of anilines is 1. The van der Waals surface area contributed by atoms with E-state index in [1.807, 2.05) is 34.0 Å². The van der Waals surface area contributed by atoms with Gasteiger partial charge >= 0.3 is 0 Å². The Morgan fingerprint density at radius 2 is 1.67 bits per heavy atom. The fourth-order valence-electron chi connectivity index (χ4n) is 4.28. The lowest BCUT2D eigenvalue weighted by Crippen LogP contribution is -2.35. The van der Waals surface area contributed by atoms with Gasteiger partial charge in [0.25, 0.3) is 5.56 Å². The molecule has 3 N–H and O–H groups in total. The van der Waals surface area contributed by atoms with Gasteiger partial charge in [0.05, 0.1) is 18.8 Å². The number of carbonyl (C=O) groups is 1. The first-order valence-corrected chi connectivity index (χ1v) is 13.9. The van der Waals surface area contributed by atoms with Gasteiger partial charge in [-0.25, -0.2) is 0 Å². The molecule has 1 aromatic heterocycles. The Balaban J connectivity index is 0.000000317. The second kappa shape index (κ2) is 16.7. The summed E-state index contributed by atoms with van der Waals surface area (Å²) in [5.74, 6) is 0. The highest BCUT2D eigenvalue weighted by atomic mass is 16.5. The monoisotopic (exact) mass is 537 g/mol. The SMILES string of the molecule is CCC.CCNc1cc(-c2ccc(CN3CCOCC3)cc2)cc(C=O)c1C.CNCc1c(C)n(C)[nH]c1=O. The van der Waals surface area contributed by atoms with Crippen LogP contribution in [-0.2, 0) is 24.9 Å². The van der Waals surface area contributed by atoms with Crippen LogP contribution in [0.3, 0.4) is 0 Å². The minimum atomic E-state index is -0.000602. The number of nitrogens with one attached hydrogen (secondary N) is 3. The standard InChI is InChI=1S/C21H26N2O2.C7H13N3O.C3H8/c1-3-22-21-13-19(12-20(15-24)16(21)2)18-6-4-17(5-7-18)14-23-8-10-25-11-9-23;1-5-6(4-8-2)7(11)9-10(5)3;1-3-2/h4-7,12-13,15,22H,3,8-11,14H2,1-2H3;8H,4H2,1-3H3,(H,9,11);3H2,1-2H3. The van der Waals surface area contributed by atoms with Gasteiger partial charge in [0.2, 0.25) is 0 Å². The number of aldehydes is 1. The van der Waals surface area contributed by atoms with E-state index in [1.54, 1.807) is 4.68 Å². The lowest BCUT2D eigenvalue weighted by Gasteiger charge is -2.26. The van der Waals surface area contributed by atoms with Crippen LogP contribution in [0.2, 0.25) is 0 Å². The smallest absolute Gasteiger partial charge is 0.268 e. The van der Waals surface area contributed by atoms with Crippen molar-refractivity contribution < 1.29 is 9.53 Å². The third-order valence-corrected chi connectivity index (χ3v) is 6.58. The van der Waals surface area contributed by atoms with E-state index in [4.69, 9.17) is 4.74 Å². The zero-order chi connectivity index (χ0) is 28.8. The van der Waals surface area contributed by atoms with Crippen LogP contribution in [0.4, 0.5) is 5.69 Å². The van der Waals surface area contributed by atoms with Crippen LogP contribution in [0.15, 0.2) is 41.2 Å². The summed E-state index contributed by atoms with van der Waals surface area (Å²) >= 11 is 0. The summed E-state index contributed by atoms with van der Waals surface area (Å²) in [5, 5.41) is 8.98. The van der Waals surface area contributed by atoms with E-state index in [2.05, 4.69) is 71.7 Å². The molecule has 8 heteroatoms. The van der Waals surface area contributed by atoms with Gasteiger partial charge in [-0.1, -0.05) is 44.5 Å². The van der Waals surface area contributed by atoms with E-state index in [9.17, 15) is 9.59 Å². The lowest BCUT2D eigenvalue weighted by molar-refractivity contribution is 0.0342. The molecule has 3 aromatic rings. The number of hydrogen-bond donors (Lipinski definition) is 3. The van der Waals surface area contributed by atoms with E-state index < -0.39 is 0 Å². The second-order valence-electron chi connectivity index (χ2n) is 9.77. The third-order valence-electron chi connectivity index (χ3n) is 6.58. The number of aromatic amines is 1. The summed E-state index contributed by atoms with van der Waals surface area (Å²) in [4.78, 5) is 24.9. The topological polar surface area (TPSA) is 91.4 Å². The molecule has 0 aliphatic carbocycles. The molecule has 1 fully saturated rings. The molecule has 0 amide bonds. The summed E-state index contributed by atoms with van der Waals surface area (Å²) in [7, 11) is 3.65. The number of aromatic nitrogens is 2. The largest absolute Gasteiger partial charge is 0.385 e. The van der Waals surface area contributed by atoms with Gasteiger partial charge in [-0.3, -0.25) is 24.3 Å². The molecule has 214 valence electrons. The lowest BCUT2D eigenvalue weighted by atomic mass is 9.97. The molecular weight excluding hydrogens is 490 g/mol. The van der Waals surface area contributed by atoms with E-state index in [1.165, 1.54) is 12.0 Å². The number of hydrogen-bond acceptors (Lipinski definition) is 6. The second-order valence-corrected chi connectivity index (χ2v) is 9.77. The Morgan fingerprint density at radius 3 is 2.18 bits per heavy atom. The van der Waals surface area contributed by atoms with Crippen LogP contribution in [0.5, 0.6) is 0 Å². The Labute approximate surface area is 233 Å². The first-order chi connectivity index (χ1) is 18.8. The molecule has 39 heavy (non-hydrogen) atoms. The molecule has 0 radical (unpaired) electrons. The molecular formula is C31H47N5O3. The number of benzene rings is 2. The fraction of sp³-hybridized carbons (Fsp3) is 0.484. The third kappa shape index (κ3) is 9.49. The summed E-state index contributed by atoms with van der Waals surface area (Å²) in [6.45, 7) is 16.3. The van der Waals surface area contributed by atoms with Crippen LogP contribution >= 0.6 is 0 Å². The maximum atomic E-state index is 11.4. The Hall–Kier alpha value is -3.20. The predicted octanol–water partition coefficient (Wildman–Crippen LogP) is 4.90. The molecule has 0 unspecified atom stereocenters. The molecule has 8 nitrogen and oxygen atoms in total. The Morgan fingerprint density at radius 1 is 1.03 bits per heavy atom. The fourth-order valence-corrected chi connectivity index (χ4v) is 4.28. The van der Waals surface area contributed by atoms with Crippen LogP contribution in [0, 0.1) is 13.8 Å². The number of morpholine rings is 1. The average molecular weight is 538 g/mol. The van der Waals surface area contributed by atoms with E-state index in [0.717, 1.165) is 84.9 Å². The van der Waals surface area contributed by atoms with Gasteiger partial charge in [0, 0.05) is 56.7 Å². The van der Waals surface area contributed by atoms with Crippen LogP contribution in [0.1, 0.15) is 59.9 Å². The summed E-state index contributed by atoms with van der Waals surface area (Å²) in [6.07, 6.45) is 2.19. The molecule has 4 rings (SSSR count). The number of nitrogens with zero attached hydrogens (tertiary/aromatic N) is 2. The molecule has 2 aromatic carbocycles. The van der Waals surface area contributed by atoms with Gasteiger partial charge < -0.3 is 15.4 Å². The number of rotatable bonds is 8. The summed E-state index contributed by atoms with van der Waals surface area (Å²) in [6, 6.07) is 12.7. The van der Waals surface area contributed by atoms with E-state index >= 15 is 0 Å². The van der Waals surface area contributed by atoms with E-state index in [0.29, 0.717) is 6.54 Å². The summed E-state index contributed by atoms with van der Waals surface area (Å²) < 4.78 is 7.13. The van der Waals surface area contributed by atoms with Crippen molar-refractivity contribution >= 4 is 12.0 Å². The molecule has 0 atom stereocenters. The zero-order valence-electron chi connectivity index (χ0n) is 24.8. The van der Waals surface area contributed by atoms with Crippen LogP contribution in [-0.4, -0.2) is 60.9 Å². The molecule has 0 spiro atoms. The zero-order valence-corrected chi connectivity index (χ0v) is 24.8. The molecule has 0 bridgehead atoms.